The van der Waals surface area contributed by atoms with Crippen molar-refractivity contribution in [3.8, 4) is 0 Å². The Bertz CT molecular complexity index is 368. The third kappa shape index (κ3) is 3.12. The Balaban J connectivity index is 2.02. The molecule has 2 nitrogen and oxygen atoms in total. The van der Waals surface area contributed by atoms with E-state index in [1.807, 2.05) is 17.8 Å². The van der Waals surface area contributed by atoms with Crippen LogP contribution in [0.15, 0.2) is 18.3 Å². The molecule has 88 valence electrons. The largest absolute Gasteiger partial charge is 0.297 e. The predicted octanol–water partition coefficient (Wildman–Crippen LogP) is 3.06. The molecule has 0 spiro atoms. The molecule has 0 aliphatic carbocycles. The van der Waals surface area contributed by atoms with Gasteiger partial charge in [-0.3, -0.25) is 4.90 Å². The van der Waals surface area contributed by atoms with Crippen molar-refractivity contribution in [2.24, 2.45) is 0 Å². The van der Waals surface area contributed by atoms with Gasteiger partial charge in [-0.25, -0.2) is 4.98 Å². The molecular formula is C12H17ClN2S. The summed E-state index contributed by atoms with van der Waals surface area (Å²) in [6.45, 7) is 7.77. The lowest BCUT2D eigenvalue weighted by Gasteiger charge is -2.37. The van der Waals surface area contributed by atoms with Crippen LogP contribution in [-0.4, -0.2) is 33.5 Å². The van der Waals surface area contributed by atoms with Gasteiger partial charge < -0.3 is 0 Å². The van der Waals surface area contributed by atoms with Crippen molar-refractivity contribution < 1.29 is 0 Å². The molecule has 1 aromatic heterocycles. The monoisotopic (exact) mass is 256 g/mol. The first-order valence-electron chi connectivity index (χ1n) is 5.52. The van der Waals surface area contributed by atoms with E-state index in [-0.39, 0.29) is 0 Å². The smallest absolute Gasteiger partial charge is 0.133 e. The Morgan fingerprint density at radius 1 is 1.56 bits per heavy atom. The second kappa shape index (κ2) is 4.94. The lowest BCUT2D eigenvalue weighted by atomic mass is 10.1. The lowest BCUT2D eigenvalue weighted by molar-refractivity contribution is 0.252. The normalized spacial score (nSPS) is 20.9. The fraction of sp³-hybridized carbons (Fsp3) is 0.583. The molecule has 0 bridgehead atoms. The van der Waals surface area contributed by atoms with Crippen LogP contribution in [0.2, 0.25) is 5.15 Å². The van der Waals surface area contributed by atoms with Crippen LogP contribution >= 0.6 is 23.4 Å². The summed E-state index contributed by atoms with van der Waals surface area (Å²) in [7, 11) is 0. The van der Waals surface area contributed by atoms with Crippen LogP contribution in [-0.2, 0) is 6.54 Å². The van der Waals surface area contributed by atoms with E-state index in [0.29, 0.717) is 9.90 Å². The minimum atomic E-state index is 0.354. The highest BCUT2D eigenvalue weighted by atomic mass is 35.5. The zero-order chi connectivity index (χ0) is 11.6. The van der Waals surface area contributed by atoms with Gasteiger partial charge in [-0.1, -0.05) is 17.7 Å². The van der Waals surface area contributed by atoms with E-state index < -0.39 is 0 Å². The summed E-state index contributed by atoms with van der Waals surface area (Å²) in [5.41, 5.74) is 1.13. The first kappa shape index (κ1) is 12.2. The molecule has 1 aliphatic heterocycles. The fourth-order valence-electron chi connectivity index (χ4n) is 2.03. The van der Waals surface area contributed by atoms with Gasteiger partial charge >= 0.3 is 0 Å². The van der Waals surface area contributed by atoms with Crippen LogP contribution in [0.4, 0.5) is 0 Å². The SMILES string of the molecule is CC1(C)CN(Cc2cccnc2Cl)CCS1. The molecule has 0 unspecified atom stereocenters. The second-order valence-corrected chi connectivity index (χ2v) is 6.93. The van der Waals surface area contributed by atoms with Gasteiger partial charge in [-0.15, -0.1) is 0 Å². The zero-order valence-electron chi connectivity index (χ0n) is 9.74. The summed E-state index contributed by atoms with van der Waals surface area (Å²) in [5.74, 6) is 1.20. The third-order valence-electron chi connectivity index (χ3n) is 2.73. The van der Waals surface area contributed by atoms with E-state index in [4.69, 9.17) is 11.6 Å². The molecule has 1 fully saturated rings. The number of pyridine rings is 1. The Morgan fingerprint density at radius 3 is 3.06 bits per heavy atom. The quantitative estimate of drug-likeness (QED) is 0.757. The minimum Gasteiger partial charge on any atom is -0.297 e. The average molecular weight is 257 g/mol. The molecule has 2 rings (SSSR count). The number of aromatic nitrogens is 1. The van der Waals surface area contributed by atoms with Crippen molar-refractivity contribution in [2.75, 3.05) is 18.8 Å². The first-order chi connectivity index (χ1) is 7.57. The molecule has 0 aromatic carbocycles. The number of hydrogen-bond donors (Lipinski definition) is 0. The van der Waals surface area contributed by atoms with Gasteiger partial charge in [0.2, 0.25) is 0 Å². The first-order valence-corrected chi connectivity index (χ1v) is 6.89. The summed E-state index contributed by atoms with van der Waals surface area (Å²) in [4.78, 5) is 6.57. The maximum absolute atomic E-state index is 6.07. The molecule has 16 heavy (non-hydrogen) atoms. The molecule has 0 saturated carbocycles. The molecular weight excluding hydrogens is 240 g/mol. The van der Waals surface area contributed by atoms with Crippen molar-refractivity contribution in [3.63, 3.8) is 0 Å². The van der Waals surface area contributed by atoms with E-state index in [1.54, 1.807) is 6.20 Å². The number of halogens is 1. The van der Waals surface area contributed by atoms with E-state index in [1.165, 1.54) is 5.75 Å². The highest BCUT2D eigenvalue weighted by Crippen LogP contribution is 2.30. The summed E-state index contributed by atoms with van der Waals surface area (Å²) >= 11 is 8.12. The maximum Gasteiger partial charge on any atom is 0.133 e. The van der Waals surface area contributed by atoms with Gasteiger partial charge in [-0.2, -0.15) is 11.8 Å². The molecule has 0 N–H and O–H groups in total. The fourth-order valence-corrected chi connectivity index (χ4v) is 3.38. The number of nitrogens with zero attached hydrogens (tertiary/aromatic N) is 2. The lowest BCUT2D eigenvalue weighted by Crippen LogP contribution is -2.42. The van der Waals surface area contributed by atoms with Gasteiger partial charge in [0.1, 0.15) is 5.15 Å². The van der Waals surface area contributed by atoms with Crippen LogP contribution in [0.25, 0.3) is 0 Å². The minimum absolute atomic E-state index is 0.354. The molecule has 0 radical (unpaired) electrons. The molecule has 1 saturated heterocycles. The van der Waals surface area contributed by atoms with E-state index in [0.717, 1.165) is 25.2 Å². The highest BCUT2D eigenvalue weighted by molar-refractivity contribution is 8.00. The van der Waals surface area contributed by atoms with Crippen molar-refractivity contribution in [3.05, 3.63) is 29.0 Å². The summed E-state index contributed by atoms with van der Waals surface area (Å²) < 4.78 is 0.354. The van der Waals surface area contributed by atoms with Gasteiger partial charge in [0, 0.05) is 41.9 Å². The van der Waals surface area contributed by atoms with Crippen LogP contribution < -0.4 is 0 Å². The molecule has 4 heteroatoms. The van der Waals surface area contributed by atoms with E-state index >= 15 is 0 Å². The van der Waals surface area contributed by atoms with Gasteiger partial charge in [0.05, 0.1) is 0 Å². The van der Waals surface area contributed by atoms with Crippen LogP contribution in [0.5, 0.6) is 0 Å². The van der Waals surface area contributed by atoms with Crippen LogP contribution in [0.3, 0.4) is 0 Å². The standard InChI is InChI=1S/C12H17ClN2S/c1-12(2)9-15(6-7-16-12)8-10-4-3-5-14-11(10)13/h3-5H,6-9H2,1-2H3. The third-order valence-corrected chi connectivity index (χ3v) is 4.37. The summed E-state index contributed by atoms with van der Waals surface area (Å²) in [6, 6.07) is 4.01. The van der Waals surface area contributed by atoms with Crippen molar-refractivity contribution in [2.45, 2.75) is 25.1 Å². The Morgan fingerprint density at radius 2 is 2.38 bits per heavy atom. The van der Waals surface area contributed by atoms with Crippen LogP contribution in [0.1, 0.15) is 19.4 Å². The van der Waals surface area contributed by atoms with Gasteiger partial charge in [-0.05, 0) is 19.9 Å². The van der Waals surface area contributed by atoms with Gasteiger partial charge in [0.15, 0.2) is 0 Å². The number of rotatable bonds is 2. The van der Waals surface area contributed by atoms with Crippen LogP contribution in [0, 0.1) is 0 Å². The second-order valence-electron chi connectivity index (χ2n) is 4.77. The van der Waals surface area contributed by atoms with Crippen molar-refractivity contribution >= 4 is 23.4 Å². The van der Waals surface area contributed by atoms with E-state index in [2.05, 4.69) is 29.8 Å². The highest BCUT2D eigenvalue weighted by Gasteiger charge is 2.27. The summed E-state index contributed by atoms with van der Waals surface area (Å²) in [6.07, 6.45) is 1.74. The zero-order valence-corrected chi connectivity index (χ0v) is 11.3. The maximum atomic E-state index is 6.07. The van der Waals surface area contributed by atoms with Gasteiger partial charge in [0.25, 0.3) is 0 Å². The molecule has 0 amide bonds. The number of hydrogen-bond acceptors (Lipinski definition) is 3. The topological polar surface area (TPSA) is 16.1 Å². The number of thioether (sulfide) groups is 1. The van der Waals surface area contributed by atoms with Crippen molar-refractivity contribution in [1.82, 2.24) is 9.88 Å². The molecule has 1 aromatic rings. The molecule has 1 aliphatic rings. The van der Waals surface area contributed by atoms with E-state index in [9.17, 15) is 0 Å². The molecule has 2 heterocycles. The Labute approximate surface area is 106 Å². The average Bonchev–Trinajstić information content (AvgIpc) is 2.20. The predicted molar refractivity (Wildman–Crippen MR) is 71.1 cm³/mol. The summed E-state index contributed by atoms with van der Waals surface area (Å²) in [5, 5.41) is 0.638. The Kier molecular flexibility index (Phi) is 3.77. The molecule has 0 atom stereocenters. The Hall–Kier alpha value is -0.250. The van der Waals surface area contributed by atoms with Crippen molar-refractivity contribution in [1.29, 1.82) is 0 Å².